The van der Waals surface area contributed by atoms with Crippen LogP contribution in [0.2, 0.25) is 5.02 Å². The largest absolute Gasteiger partial charge is 0.493 e. The maximum absolute atomic E-state index is 14.3. The van der Waals surface area contributed by atoms with Crippen molar-refractivity contribution in [1.29, 1.82) is 0 Å². The Bertz CT molecular complexity index is 2240. The number of carboxylic acid groups (broad SMARTS) is 1. The summed E-state index contributed by atoms with van der Waals surface area (Å²) in [6.45, 7) is 2.50. The molecule has 3 aromatic heterocycles. The first kappa shape index (κ1) is 33.2. The normalized spacial score (nSPS) is 14.2. The van der Waals surface area contributed by atoms with Crippen molar-refractivity contribution in [2.45, 2.75) is 50.7 Å². The molecule has 1 aliphatic heterocycles. The second-order valence-electron chi connectivity index (χ2n) is 12.5. The number of hydrogen-bond donors (Lipinski definition) is 2. The molecule has 0 saturated heterocycles. The van der Waals surface area contributed by atoms with Crippen molar-refractivity contribution in [3.05, 3.63) is 99.0 Å². The molecule has 0 fully saturated rings. The Morgan fingerprint density at radius 1 is 1.02 bits per heavy atom. The highest BCUT2D eigenvalue weighted by molar-refractivity contribution is 7.97. The highest BCUT2D eigenvalue weighted by Crippen LogP contribution is 2.43. The molecule has 0 radical (unpaired) electrons. The summed E-state index contributed by atoms with van der Waals surface area (Å²) >= 11 is 8.69. The number of ether oxygens (including phenoxy) is 1. The predicted molar refractivity (Wildman–Crippen MR) is 191 cm³/mol. The number of thioether (sulfide) groups is 1. The molecule has 12 heteroatoms. The monoisotopic (exact) mass is 701 g/mol. The van der Waals surface area contributed by atoms with E-state index in [-0.39, 0.29) is 18.1 Å². The van der Waals surface area contributed by atoms with Crippen molar-refractivity contribution in [3.63, 3.8) is 0 Å². The first-order valence-corrected chi connectivity index (χ1v) is 17.8. The highest BCUT2D eigenvalue weighted by atomic mass is 35.5. The number of fused-ring (bicyclic) bond motifs is 8. The second kappa shape index (κ2) is 13.5. The fourth-order valence-corrected chi connectivity index (χ4v) is 8.39. The average molecular weight is 702 g/mol. The van der Waals surface area contributed by atoms with E-state index in [1.54, 1.807) is 29.4 Å². The summed E-state index contributed by atoms with van der Waals surface area (Å²) in [6, 6.07) is 14.6. The van der Waals surface area contributed by atoms with Gasteiger partial charge < -0.3 is 19.5 Å². The Morgan fingerprint density at radius 2 is 1.84 bits per heavy atom. The number of aliphatic hydroxyl groups is 1. The summed E-state index contributed by atoms with van der Waals surface area (Å²) in [6.07, 6.45) is 2.48. The smallest absolute Gasteiger partial charge is 0.352 e. The van der Waals surface area contributed by atoms with Crippen LogP contribution >= 0.6 is 23.4 Å². The summed E-state index contributed by atoms with van der Waals surface area (Å²) in [7, 11) is 3.72. The SMILES string of the molecule is Cc1nn(CCO)c2c1-c1c(Cl)ccc3c(c(C(=O)O)n(C)c13)CCCOc1cc(cc3cc(F)ccc13)CCc1cc(nn1C)CSC2. The molecule has 2 N–H and O–H groups in total. The molecule has 0 saturated carbocycles. The van der Waals surface area contributed by atoms with Crippen molar-refractivity contribution in [3.8, 4) is 16.9 Å². The van der Waals surface area contributed by atoms with Crippen LogP contribution in [0.15, 0.2) is 48.5 Å². The lowest BCUT2D eigenvalue weighted by Gasteiger charge is -2.13. The van der Waals surface area contributed by atoms with E-state index in [0.717, 1.165) is 74.0 Å². The first-order chi connectivity index (χ1) is 23.6. The molecule has 7 rings (SSSR count). The third kappa shape index (κ3) is 6.19. The molecule has 9 nitrogen and oxygen atoms in total. The Balaban J connectivity index is 1.37. The number of aromatic nitrogens is 5. The van der Waals surface area contributed by atoms with E-state index in [1.165, 1.54) is 12.1 Å². The van der Waals surface area contributed by atoms with Crippen molar-refractivity contribution in [2.24, 2.45) is 14.1 Å². The summed E-state index contributed by atoms with van der Waals surface area (Å²) in [5, 5.41) is 32.9. The van der Waals surface area contributed by atoms with Gasteiger partial charge in [-0.1, -0.05) is 23.7 Å². The van der Waals surface area contributed by atoms with Crippen LogP contribution in [0, 0.1) is 12.7 Å². The number of aryl methyl sites for hydroxylation is 6. The zero-order valence-corrected chi connectivity index (χ0v) is 29.2. The van der Waals surface area contributed by atoms with Crippen LogP contribution in [0.1, 0.15) is 50.8 Å². The van der Waals surface area contributed by atoms with E-state index in [4.69, 9.17) is 26.5 Å². The molecule has 0 unspecified atom stereocenters. The Morgan fingerprint density at radius 3 is 2.63 bits per heavy atom. The molecule has 1 aliphatic rings. The van der Waals surface area contributed by atoms with Gasteiger partial charge in [0.15, 0.2) is 0 Å². The number of carbonyl (C=O) groups is 1. The van der Waals surface area contributed by atoms with Crippen LogP contribution in [0.3, 0.4) is 0 Å². The standard InChI is InChI=1S/C37H37ClFN5O4S/c1-21-33-31(44(40-21)12-13-45)20-49-19-25-18-26(43(3)41-25)8-6-22-15-23-17-24(39)7-9-27(23)32(16-22)48-14-4-5-28-29-10-11-30(38)34(33)35(29)42(2)36(28)37(46)47/h7,9-11,15-18,45H,4-6,8,12-14,19-20H2,1-3H3,(H,46,47). The lowest BCUT2D eigenvalue weighted by molar-refractivity contribution is 0.0685. The zero-order valence-electron chi connectivity index (χ0n) is 27.6. The van der Waals surface area contributed by atoms with E-state index in [2.05, 4.69) is 6.07 Å². The molecule has 49 heavy (non-hydrogen) atoms. The topological polar surface area (TPSA) is 107 Å². The van der Waals surface area contributed by atoms with Gasteiger partial charge >= 0.3 is 5.97 Å². The average Bonchev–Trinajstić information content (AvgIpc) is 3.67. The Kier molecular flexibility index (Phi) is 9.17. The van der Waals surface area contributed by atoms with Crippen LogP contribution in [0.25, 0.3) is 32.8 Å². The van der Waals surface area contributed by atoms with Gasteiger partial charge in [0.25, 0.3) is 0 Å². The molecule has 0 spiro atoms. The van der Waals surface area contributed by atoms with Gasteiger partial charge in [-0.05, 0) is 85.5 Å². The van der Waals surface area contributed by atoms with E-state index in [9.17, 15) is 19.4 Å². The molecule has 6 aromatic rings. The van der Waals surface area contributed by atoms with Crippen molar-refractivity contribution in [2.75, 3.05) is 13.2 Å². The number of nitrogens with zero attached hydrogens (tertiary/aromatic N) is 5. The van der Waals surface area contributed by atoms with E-state index in [0.29, 0.717) is 53.8 Å². The molecule has 0 aliphatic carbocycles. The number of rotatable bonds is 3. The van der Waals surface area contributed by atoms with Gasteiger partial charge in [0.1, 0.15) is 17.3 Å². The molecular formula is C37H37ClFN5O4S. The number of aliphatic hydroxyl groups excluding tert-OH is 1. The van der Waals surface area contributed by atoms with Crippen LogP contribution in [0.5, 0.6) is 5.75 Å². The van der Waals surface area contributed by atoms with Gasteiger partial charge in [0.2, 0.25) is 0 Å². The summed E-state index contributed by atoms with van der Waals surface area (Å²) < 4.78 is 26.1. The van der Waals surface area contributed by atoms with E-state index in [1.807, 2.05) is 47.6 Å². The quantitative estimate of drug-likeness (QED) is 0.200. The van der Waals surface area contributed by atoms with E-state index < -0.39 is 5.97 Å². The molecule has 0 atom stereocenters. The van der Waals surface area contributed by atoms with Crippen LogP contribution < -0.4 is 4.74 Å². The highest BCUT2D eigenvalue weighted by Gasteiger charge is 2.28. The molecule has 3 aromatic carbocycles. The molecule has 8 bridgehead atoms. The van der Waals surface area contributed by atoms with Gasteiger partial charge in [-0.15, -0.1) is 11.8 Å². The summed E-state index contributed by atoms with van der Waals surface area (Å²) in [4.78, 5) is 12.8. The Labute approximate surface area is 292 Å². The minimum Gasteiger partial charge on any atom is -0.493 e. The fourth-order valence-electron chi connectivity index (χ4n) is 7.20. The Hall–Kier alpha value is -4.32. The van der Waals surface area contributed by atoms with Gasteiger partial charge in [-0.3, -0.25) is 9.36 Å². The number of carboxylic acids is 1. The lowest BCUT2D eigenvalue weighted by Crippen LogP contribution is -2.09. The zero-order chi connectivity index (χ0) is 34.4. The van der Waals surface area contributed by atoms with E-state index >= 15 is 0 Å². The molecule has 254 valence electrons. The fraction of sp³-hybridized carbons (Fsp3) is 0.324. The summed E-state index contributed by atoms with van der Waals surface area (Å²) in [5.74, 6) is 0.573. The van der Waals surface area contributed by atoms with Crippen molar-refractivity contribution >= 4 is 51.0 Å². The minimum atomic E-state index is -1.02. The van der Waals surface area contributed by atoms with Gasteiger partial charge in [0, 0.05) is 53.2 Å². The molecule has 0 amide bonds. The number of aromatic carboxylic acids is 1. The molecule has 4 heterocycles. The van der Waals surface area contributed by atoms with Gasteiger partial charge in [-0.2, -0.15) is 10.2 Å². The van der Waals surface area contributed by atoms with Crippen LogP contribution in [0.4, 0.5) is 4.39 Å². The second-order valence-corrected chi connectivity index (χ2v) is 13.9. The summed E-state index contributed by atoms with van der Waals surface area (Å²) in [5.41, 5.74) is 7.93. The third-order valence-corrected chi connectivity index (χ3v) is 10.6. The number of hydrogen-bond acceptors (Lipinski definition) is 6. The van der Waals surface area contributed by atoms with Crippen molar-refractivity contribution < 1.29 is 24.1 Å². The van der Waals surface area contributed by atoms with Crippen molar-refractivity contribution in [1.82, 2.24) is 24.1 Å². The van der Waals surface area contributed by atoms with Gasteiger partial charge in [-0.25, -0.2) is 9.18 Å². The van der Waals surface area contributed by atoms with Gasteiger partial charge in [0.05, 0.1) is 47.4 Å². The minimum absolute atomic E-state index is 0.0771. The number of halogens is 2. The predicted octanol–water partition coefficient (Wildman–Crippen LogP) is 7.26. The van der Waals surface area contributed by atoms with Crippen LogP contribution in [-0.4, -0.2) is 53.5 Å². The van der Waals surface area contributed by atoms with Crippen LogP contribution in [-0.2, 0) is 51.4 Å². The lowest BCUT2D eigenvalue weighted by atomic mass is 9.98. The molecular weight excluding hydrogens is 665 g/mol. The first-order valence-electron chi connectivity index (χ1n) is 16.3. The number of benzene rings is 3. The third-order valence-electron chi connectivity index (χ3n) is 9.36. The maximum Gasteiger partial charge on any atom is 0.352 e. The maximum atomic E-state index is 14.3.